The Kier molecular flexibility index (Phi) is 3.31. The molecule has 0 aliphatic heterocycles. The van der Waals surface area contributed by atoms with E-state index in [0.29, 0.717) is 11.2 Å². The second-order valence-corrected chi connectivity index (χ2v) is 6.42. The molecule has 2 aromatic carbocycles. The van der Waals surface area contributed by atoms with Crippen LogP contribution in [0, 0.1) is 11.3 Å². The van der Waals surface area contributed by atoms with Crippen LogP contribution >= 0.6 is 0 Å². The molecule has 3 rings (SSSR count). The van der Waals surface area contributed by atoms with Crippen LogP contribution in [-0.2, 0) is 17.1 Å². The molecule has 0 bridgehead atoms. The highest BCUT2D eigenvalue weighted by Gasteiger charge is 2.18. The smallest absolute Gasteiger partial charge is 0.263 e. The summed E-state index contributed by atoms with van der Waals surface area (Å²) in [7, 11) is -1.96. The molecule has 0 fully saturated rings. The van der Waals surface area contributed by atoms with Crippen LogP contribution in [0.1, 0.15) is 5.56 Å². The third-order valence-corrected chi connectivity index (χ3v) is 4.71. The van der Waals surface area contributed by atoms with Gasteiger partial charge in [-0.3, -0.25) is 4.72 Å². The molecule has 6 nitrogen and oxygen atoms in total. The number of nitrogens with zero attached hydrogens (tertiary/aromatic N) is 3. The normalized spacial score (nSPS) is 11.3. The van der Waals surface area contributed by atoms with Gasteiger partial charge in [-0.05, 0) is 30.3 Å². The van der Waals surface area contributed by atoms with E-state index in [0.717, 1.165) is 5.52 Å². The third kappa shape index (κ3) is 2.40. The predicted octanol–water partition coefficient (Wildman–Crippen LogP) is 2.25. The highest BCUT2D eigenvalue weighted by Crippen LogP contribution is 2.22. The lowest BCUT2D eigenvalue weighted by atomic mass is 10.2. The van der Waals surface area contributed by atoms with Gasteiger partial charge in [-0.15, -0.1) is 0 Å². The summed E-state index contributed by atoms with van der Waals surface area (Å²) in [4.78, 5) is 4.15. The van der Waals surface area contributed by atoms with Crippen LogP contribution in [-0.4, -0.2) is 18.0 Å². The first kappa shape index (κ1) is 14.1. The summed E-state index contributed by atoms with van der Waals surface area (Å²) >= 11 is 0. The van der Waals surface area contributed by atoms with Gasteiger partial charge in [0.05, 0.1) is 28.6 Å². The van der Waals surface area contributed by atoms with E-state index in [2.05, 4.69) is 9.71 Å². The Hall–Kier alpha value is -2.85. The first-order valence-electron chi connectivity index (χ1n) is 6.44. The zero-order valence-corrected chi connectivity index (χ0v) is 12.5. The first-order chi connectivity index (χ1) is 10.5. The molecule has 0 aliphatic carbocycles. The van der Waals surface area contributed by atoms with E-state index in [1.165, 1.54) is 12.1 Å². The van der Waals surface area contributed by atoms with E-state index >= 15 is 0 Å². The largest absolute Gasteiger partial charge is 0.334 e. The van der Waals surface area contributed by atoms with Crippen molar-refractivity contribution in [3.63, 3.8) is 0 Å². The summed E-state index contributed by atoms with van der Waals surface area (Å²) in [5, 5.41) is 9.04. The van der Waals surface area contributed by atoms with E-state index < -0.39 is 10.0 Å². The molecule has 0 radical (unpaired) electrons. The molecule has 110 valence electrons. The lowest BCUT2D eigenvalue weighted by Crippen LogP contribution is -2.14. The monoisotopic (exact) mass is 312 g/mol. The molecule has 0 aliphatic rings. The fourth-order valence-corrected chi connectivity index (χ4v) is 3.41. The molecule has 0 amide bonds. The minimum absolute atomic E-state index is 0.0429. The molecule has 0 spiro atoms. The van der Waals surface area contributed by atoms with Gasteiger partial charge in [0.15, 0.2) is 0 Å². The summed E-state index contributed by atoms with van der Waals surface area (Å²) in [5.74, 6) is 0. The van der Waals surface area contributed by atoms with Crippen LogP contribution in [0.2, 0.25) is 0 Å². The summed E-state index contributed by atoms with van der Waals surface area (Å²) in [6.07, 6.45) is 1.66. The summed E-state index contributed by atoms with van der Waals surface area (Å²) in [6.45, 7) is 0. The number of imidazole rings is 1. The van der Waals surface area contributed by atoms with Gasteiger partial charge in [0.1, 0.15) is 11.0 Å². The van der Waals surface area contributed by atoms with Crippen molar-refractivity contribution in [3.05, 3.63) is 54.4 Å². The fourth-order valence-electron chi connectivity index (χ4n) is 2.20. The molecule has 0 saturated carbocycles. The van der Waals surface area contributed by atoms with Gasteiger partial charge in [-0.1, -0.05) is 12.1 Å². The molecule has 1 N–H and O–H groups in total. The van der Waals surface area contributed by atoms with Crippen molar-refractivity contribution in [2.24, 2.45) is 7.05 Å². The van der Waals surface area contributed by atoms with Crippen LogP contribution < -0.4 is 4.72 Å². The minimum Gasteiger partial charge on any atom is -0.334 e. The predicted molar refractivity (Wildman–Crippen MR) is 82.7 cm³/mol. The maximum atomic E-state index is 12.4. The molecule has 22 heavy (non-hydrogen) atoms. The SMILES string of the molecule is Cn1cnc2cc(NS(=O)(=O)c3ccccc3C#N)ccc21. The van der Waals surface area contributed by atoms with Gasteiger partial charge in [0.2, 0.25) is 0 Å². The van der Waals surface area contributed by atoms with E-state index in [1.54, 1.807) is 36.7 Å². The number of anilines is 1. The van der Waals surface area contributed by atoms with Crippen LogP contribution in [0.3, 0.4) is 0 Å². The highest BCUT2D eigenvalue weighted by molar-refractivity contribution is 7.92. The number of benzene rings is 2. The van der Waals surface area contributed by atoms with Crippen molar-refractivity contribution in [2.75, 3.05) is 4.72 Å². The quantitative estimate of drug-likeness (QED) is 0.803. The Morgan fingerprint density at radius 1 is 1.23 bits per heavy atom. The summed E-state index contributed by atoms with van der Waals surface area (Å²) in [6, 6.07) is 13.1. The number of aromatic nitrogens is 2. The van der Waals surface area contributed by atoms with Crippen LogP contribution in [0.15, 0.2) is 53.7 Å². The van der Waals surface area contributed by atoms with Crippen LogP contribution in [0.25, 0.3) is 11.0 Å². The Morgan fingerprint density at radius 2 is 2.00 bits per heavy atom. The Balaban J connectivity index is 2.01. The van der Waals surface area contributed by atoms with Crippen molar-refractivity contribution in [3.8, 4) is 6.07 Å². The fraction of sp³-hybridized carbons (Fsp3) is 0.0667. The van der Waals surface area contributed by atoms with Crippen LogP contribution in [0.5, 0.6) is 0 Å². The van der Waals surface area contributed by atoms with Gasteiger partial charge in [0, 0.05) is 7.05 Å². The average Bonchev–Trinajstić information content (AvgIpc) is 2.87. The zero-order chi connectivity index (χ0) is 15.7. The molecule has 0 unspecified atom stereocenters. The number of hydrogen-bond acceptors (Lipinski definition) is 4. The lowest BCUT2D eigenvalue weighted by molar-refractivity contribution is 0.601. The maximum absolute atomic E-state index is 12.4. The summed E-state index contributed by atoms with van der Waals surface area (Å²) in [5.41, 5.74) is 2.10. The van der Waals surface area contributed by atoms with Crippen molar-refractivity contribution in [1.82, 2.24) is 9.55 Å². The molecule has 3 aromatic rings. The zero-order valence-electron chi connectivity index (χ0n) is 11.7. The topological polar surface area (TPSA) is 87.8 Å². The molecular formula is C15H12N4O2S. The van der Waals surface area contributed by atoms with Crippen molar-refractivity contribution >= 4 is 26.7 Å². The Labute approximate surface area is 127 Å². The molecule has 1 heterocycles. The number of hydrogen-bond donors (Lipinski definition) is 1. The molecule has 0 atom stereocenters. The standard InChI is InChI=1S/C15H12N4O2S/c1-19-10-17-13-8-12(6-7-14(13)19)18-22(20,21)15-5-3-2-4-11(15)9-16/h2-8,10,18H,1H3. The van der Waals surface area contributed by atoms with E-state index in [9.17, 15) is 8.42 Å². The van der Waals surface area contributed by atoms with E-state index in [1.807, 2.05) is 17.7 Å². The number of sulfonamides is 1. The average molecular weight is 312 g/mol. The third-order valence-electron chi connectivity index (χ3n) is 3.27. The number of aryl methyl sites for hydroxylation is 1. The maximum Gasteiger partial charge on any atom is 0.263 e. The van der Waals surface area contributed by atoms with Gasteiger partial charge in [0.25, 0.3) is 10.0 Å². The second-order valence-electron chi connectivity index (χ2n) is 4.77. The van der Waals surface area contributed by atoms with E-state index in [4.69, 9.17) is 5.26 Å². The Morgan fingerprint density at radius 3 is 2.77 bits per heavy atom. The highest BCUT2D eigenvalue weighted by atomic mass is 32.2. The first-order valence-corrected chi connectivity index (χ1v) is 7.92. The van der Waals surface area contributed by atoms with Crippen LogP contribution in [0.4, 0.5) is 5.69 Å². The van der Waals surface area contributed by atoms with Gasteiger partial charge in [-0.2, -0.15) is 5.26 Å². The number of nitrogens with one attached hydrogen (secondary N) is 1. The van der Waals surface area contributed by atoms with Gasteiger partial charge >= 0.3 is 0 Å². The van der Waals surface area contributed by atoms with Crippen molar-refractivity contribution in [2.45, 2.75) is 4.90 Å². The van der Waals surface area contributed by atoms with Gasteiger partial charge < -0.3 is 4.57 Å². The lowest BCUT2D eigenvalue weighted by Gasteiger charge is -2.09. The second kappa shape index (κ2) is 5.16. The molecular weight excluding hydrogens is 300 g/mol. The van der Waals surface area contributed by atoms with Crippen molar-refractivity contribution in [1.29, 1.82) is 5.26 Å². The van der Waals surface area contributed by atoms with Gasteiger partial charge in [-0.25, -0.2) is 13.4 Å². The van der Waals surface area contributed by atoms with Crippen molar-refractivity contribution < 1.29 is 8.42 Å². The Bertz CT molecular complexity index is 1000. The molecule has 1 aromatic heterocycles. The summed E-state index contributed by atoms with van der Waals surface area (Å²) < 4.78 is 29.2. The minimum atomic E-state index is -3.83. The van der Waals surface area contributed by atoms with E-state index in [-0.39, 0.29) is 10.5 Å². The number of rotatable bonds is 3. The number of nitriles is 1. The molecule has 0 saturated heterocycles. The molecule has 7 heteroatoms. The number of fused-ring (bicyclic) bond motifs is 1.